The standard InChI is InChI=1S/C16H12N2O4/c1-19-13-5-11(6-14-16(13)21-9-20-14)15-12(8-22-18-15)10-3-2-4-17-7-10/h2-8H,9H2,1H3. The van der Waals surface area contributed by atoms with Crippen molar-refractivity contribution in [1.82, 2.24) is 10.1 Å². The minimum Gasteiger partial charge on any atom is -0.493 e. The second kappa shape index (κ2) is 5.07. The van der Waals surface area contributed by atoms with E-state index >= 15 is 0 Å². The fraction of sp³-hybridized carbons (Fsp3) is 0.125. The molecule has 0 aliphatic carbocycles. The largest absolute Gasteiger partial charge is 0.493 e. The van der Waals surface area contributed by atoms with Crippen molar-refractivity contribution in [3.63, 3.8) is 0 Å². The summed E-state index contributed by atoms with van der Waals surface area (Å²) in [6, 6.07) is 7.54. The highest BCUT2D eigenvalue weighted by Crippen LogP contribution is 2.45. The Bertz CT molecular complexity index is 814. The molecule has 1 aromatic carbocycles. The van der Waals surface area contributed by atoms with E-state index in [1.165, 1.54) is 0 Å². The lowest BCUT2D eigenvalue weighted by atomic mass is 10.0. The SMILES string of the molecule is COc1cc(-c2nocc2-c2cccnc2)cc2c1OCO2. The van der Waals surface area contributed by atoms with Crippen LogP contribution in [0.4, 0.5) is 0 Å². The predicted octanol–water partition coefficient (Wildman–Crippen LogP) is 3.14. The molecule has 0 unspecified atom stereocenters. The van der Waals surface area contributed by atoms with Gasteiger partial charge in [-0.3, -0.25) is 4.98 Å². The molecular weight excluding hydrogens is 284 g/mol. The molecule has 1 aliphatic rings. The van der Waals surface area contributed by atoms with Gasteiger partial charge in [-0.15, -0.1) is 0 Å². The van der Waals surface area contributed by atoms with Gasteiger partial charge in [-0.25, -0.2) is 0 Å². The van der Waals surface area contributed by atoms with Crippen LogP contribution in [-0.2, 0) is 0 Å². The Morgan fingerprint density at radius 3 is 2.95 bits per heavy atom. The molecule has 0 radical (unpaired) electrons. The van der Waals surface area contributed by atoms with E-state index in [0.29, 0.717) is 22.9 Å². The normalized spacial score (nSPS) is 12.4. The molecule has 0 N–H and O–H groups in total. The number of rotatable bonds is 3. The number of nitrogens with zero attached hydrogens (tertiary/aromatic N) is 2. The van der Waals surface area contributed by atoms with Crippen molar-refractivity contribution in [2.24, 2.45) is 0 Å². The van der Waals surface area contributed by atoms with E-state index in [0.717, 1.165) is 16.7 Å². The van der Waals surface area contributed by atoms with E-state index in [-0.39, 0.29) is 6.79 Å². The van der Waals surface area contributed by atoms with Crippen molar-refractivity contribution in [1.29, 1.82) is 0 Å². The highest BCUT2D eigenvalue weighted by molar-refractivity contribution is 5.81. The third kappa shape index (κ3) is 1.96. The van der Waals surface area contributed by atoms with Crippen molar-refractivity contribution >= 4 is 0 Å². The Morgan fingerprint density at radius 1 is 1.18 bits per heavy atom. The number of hydrogen-bond acceptors (Lipinski definition) is 6. The molecule has 4 rings (SSSR count). The second-order valence-corrected chi connectivity index (χ2v) is 4.73. The van der Waals surface area contributed by atoms with Crippen LogP contribution in [0.3, 0.4) is 0 Å². The summed E-state index contributed by atoms with van der Waals surface area (Å²) in [4.78, 5) is 4.13. The van der Waals surface area contributed by atoms with E-state index in [1.807, 2.05) is 24.3 Å². The molecule has 6 nitrogen and oxygen atoms in total. The fourth-order valence-electron chi connectivity index (χ4n) is 2.44. The summed E-state index contributed by atoms with van der Waals surface area (Å²) in [6.45, 7) is 0.184. The van der Waals surface area contributed by atoms with E-state index < -0.39 is 0 Å². The monoisotopic (exact) mass is 296 g/mol. The Morgan fingerprint density at radius 2 is 2.14 bits per heavy atom. The zero-order valence-corrected chi connectivity index (χ0v) is 11.8. The number of methoxy groups -OCH3 is 1. The molecule has 0 atom stereocenters. The van der Waals surface area contributed by atoms with Crippen LogP contribution >= 0.6 is 0 Å². The number of fused-ring (bicyclic) bond motifs is 1. The van der Waals surface area contributed by atoms with E-state index in [1.54, 1.807) is 25.8 Å². The summed E-state index contributed by atoms with van der Waals surface area (Å²) in [5.41, 5.74) is 3.31. The van der Waals surface area contributed by atoms with Crippen LogP contribution in [0.2, 0.25) is 0 Å². The van der Waals surface area contributed by atoms with Crippen molar-refractivity contribution in [3.05, 3.63) is 42.9 Å². The Balaban J connectivity index is 1.86. The Labute approximate surface area is 126 Å². The molecule has 3 heterocycles. The van der Waals surface area contributed by atoms with Gasteiger partial charge in [0, 0.05) is 23.5 Å². The number of pyridine rings is 1. The van der Waals surface area contributed by atoms with E-state index in [9.17, 15) is 0 Å². The molecule has 110 valence electrons. The summed E-state index contributed by atoms with van der Waals surface area (Å²) in [6.07, 6.45) is 5.09. The van der Waals surface area contributed by atoms with Gasteiger partial charge in [-0.1, -0.05) is 11.2 Å². The van der Waals surface area contributed by atoms with Gasteiger partial charge in [-0.05, 0) is 18.2 Å². The molecule has 0 amide bonds. The van der Waals surface area contributed by atoms with Crippen LogP contribution in [0.5, 0.6) is 17.2 Å². The van der Waals surface area contributed by atoms with Gasteiger partial charge >= 0.3 is 0 Å². The molecule has 0 bridgehead atoms. The van der Waals surface area contributed by atoms with Gasteiger partial charge in [0.2, 0.25) is 12.5 Å². The third-order valence-corrected chi connectivity index (χ3v) is 3.47. The number of hydrogen-bond donors (Lipinski definition) is 0. The first kappa shape index (κ1) is 12.7. The Hall–Kier alpha value is -3.02. The van der Waals surface area contributed by atoms with Gasteiger partial charge in [0.25, 0.3) is 0 Å². The zero-order chi connectivity index (χ0) is 14.9. The molecule has 6 heteroatoms. The number of aromatic nitrogens is 2. The van der Waals surface area contributed by atoms with Crippen molar-refractivity contribution in [3.8, 4) is 39.6 Å². The second-order valence-electron chi connectivity index (χ2n) is 4.73. The van der Waals surface area contributed by atoms with Crippen LogP contribution < -0.4 is 14.2 Å². The molecule has 0 spiro atoms. The molecule has 0 fully saturated rings. The van der Waals surface area contributed by atoms with Crippen LogP contribution in [0.15, 0.2) is 47.4 Å². The Kier molecular flexibility index (Phi) is 2.93. The predicted molar refractivity (Wildman–Crippen MR) is 77.8 cm³/mol. The molecule has 0 saturated carbocycles. The van der Waals surface area contributed by atoms with E-state index in [2.05, 4.69) is 10.1 Å². The van der Waals surface area contributed by atoms with Crippen molar-refractivity contribution < 1.29 is 18.7 Å². The summed E-state index contributed by atoms with van der Waals surface area (Å²) >= 11 is 0. The lowest BCUT2D eigenvalue weighted by Crippen LogP contribution is -1.93. The summed E-state index contributed by atoms with van der Waals surface area (Å²) in [7, 11) is 1.59. The molecule has 2 aromatic heterocycles. The molecule has 3 aromatic rings. The highest BCUT2D eigenvalue weighted by Gasteiger charge is 2.23. The summed E-state index contributed by atoms with van der Waals surface area (Å²) < 4.78 is 21.4. The van der Waals surface area contributed by atoms with Crippen molar-refractivity contribution in [2.75, 3.05) is 13.9 Å². The van der Waals surface area contributed by atoms with Gasteiger partial charge < -0.3 is 18.7 Å². The smallest absolute Gasteiger partial charge is 0.231 e. The lowest BCUT2D eigenvalue weighted by molar-refractivity contribution is 0.171. The average Bonchev–Trinajstić information content (AvgIpc) is 3.23. The minimum atomic E-state index is 0.184. The molecular formula is C16H12N2O4. The zero-order valence-electron chi connectivity index (χ0n) is 11.8. The van der Waals surface area contributed by atoms with Crippen molar-refractivity contribution in [2.45, 2.75) is 0 Å². The van der Waals surface area contributed by atoms with Gasteiger partial charge in [-0.2, -0.15) is 0 Å². The van der Waals surface area contributed by atoms with Gasteiger partial charge in [0.05, 0.1) is 12.7 Å². The first-order valence-electron chi connectivity index (χ1n) is 6.69. The number of benzene rings is 1. The fourth-order valence-corrected chi connectivity index (χ4v) is 2.44. The quantitative estimate of drug-likeness (QED) is 0.739. The summed E-state index contributed by atoms with van der Waals surface area (Å²) in [5.74, 6) is 1.84. The maximum absolute atomic E-state index is 5.45. The maximum Gasteiger partial charge on any atom is 0.231 e. The third-order valence-electron chi connectivity index (χ3n) is 3.47. The first-order chi connectivity index (χ1) is 10.9. The van der Waals surface area contributed by atoms with Gasteiger partial charge in [0.1, 0.15) is 12.0 Å². The maximum atomic E-state index is 5.45. The average molecular weight is 296 g/mol. The molecule has 22 heavy (non-hydrogen) atoms. The van der Waals surface area contributed by atoms with E-state index in [4.69, 9.17) is 18.7 Å². The van der Waals surface area contributed by atoms with Crippen LogP contribution in [-0.4, -0.2) is 24.0 Å². The summed E-state index contributed by atoms with van der Waals surface area (Å²) in [5, 5.41) is 4.11. The molecule has 1 aliphatic heterocycles. The minimum absolute atomic E-state index is 0.184. The van der Waals surface area contributed by atoms with Crippen LogP contribution in [0.1, 0.15) is 0 Å². The number of ether oxygens (including phenoxy) is 3. The first-order valence-corrected chi connectivity index (χ1v) is 6.69. The van der Waals surface area contributed by atoms with Crippen LogP contribution in [0, 0.1) is 0 Å². The highest BCUT2D eigenvalue weighted by atomic mass is 16.7. The molecule has 0 saturated heterocycles. The topological polar surface area (TPSA) is 66.6 Å². The lowest BCUT2D eigenvalue weighted by Gasteiger charge is -2.07. The van der Waals surface area contributed by atoms with Crippen LogP contribution in [0.25, 0.3) is 22.4 Å². The van der Waals surface area contributed by atoms with Gasteiger partial charge in [0.15, 0.2) is 11.5 Å².